The van der Waals surface area contributed by atoms with Crippen LogP contribution < -0.4 is 0 Å². The topological polar surface area (TPSA) is 248 Å². The molecule has 0 spiro atoms. The van der Waals surface area contributed by atoms with Gasteiger partial charge in [-0.15, -0.1) is 0 Å². The SMILES string of the molecule is C.C.C.C.C.C.C.C.C.C.C.C.C.C.C.C.C.C.C.C.C.C.CC(CO)(CO)CO.CC(COCO)(COCO)COCO.C[C-](CO)CO.C[C-](COCO)COCO.[Y].[Y]. The van der Waals surface area contributed by atoms with Gasteiger partial charge in [-0.1, -0.05) is 204 Å². The van der Waals surface area contributed by atoms with E-state index in [4.69, 9.17) is 65.3 Å². The summed E-state index contributed by atoms with van der Waals surface area (Å²) in [7, 11) is 0. The average molecular weight is 1100 g/mol. The third kappa shape index (κ3) is 160. The minimum absolute atomic E-state index is 0. The summed E-state index contributed by atoms with van der Waals surface area (Å²) in [5, 5.41) is 83.5. The predicted octanol–water partition coefficient (Wildman–Crippen LogP) is 10.9. The molecular formula is C45H140O15Y2-2. The molecule has 0 aromatic rings. The molecule has 418 valence electrons. The van der Waals surface area contributed by atoms with Crippen molar-refractivity contribution < 1.29 is 140 Å². The van der Waals surface area contributed by atoms with E-state index in [1.165, 1.54) is 0 Å². The maximum atomic E-state index is 8.48. The van der Waals surface area contributed by atoms with E-state index in [1.807, 2.05) is 6.92 Å². The molecule has 0 aromatic carbocycles. The Morgan fingerprint density at radius 3 is 0.581 bits per heavy atom. The molecule has 0 aliphatic rings. The summed E-state index contributed by atoms with van der Waals surface area (Å²) >= 11 is 0. The fourth-order valence-corrected chi connectivity index (χ4v) is 1.68. The van der Waals surface area contributed by atoms with Gasteiger partial charge in [0.25, 0.3) is 0 Å². The maximum Gasteiger partial charge on any atom is 0.143 e. The van der Waals surface area contributed by atoms with Crippen LogP contribution in [0.2, 0.25) is 0 Å². The molecule has 0 saturated carbocycles. The van der Waals surface area contributed by atoms with Gasteiger partial charge in [0.05, 0.1) is 39.6 Å². The first-order valence-electron chi connectivity index (χ1n) is 11.6. The molecule has 17 heteroatoms. The molecule has 2 radical (unpaired) electrons. The van der Waals surface area contributed by atoms with Crippen LogP contribution in [0.3, 0.4) is 0 Å². The fraction of sp³-hybridized carbons (Fsp3) is 0.956. The summed E-state index contributed by atoms with van der Waals surface area (Å²) in [6.07, 6.45) is 0. The van der Waals surface area contributed by atoms with Crippen LogP contribution in [0.5, 0.6) is 0 Å². The van der Waals surface area contributed by atoms with Gasteiger partial charge < -0.3 is 74.7 Å². The maximum absolute atomic E-state index is 8.48. The number of ether oxygens (including phenoxy) is 5. The van der Waals surface area contributed by atoms with Crippen molar-refractivity contribution in [1.82, 2.24) is 0 Å². The van der Waals surface area contributed by atoms with Gasteiger partial charge in [-0.2, -0.15) is 13.8 Å². The van der Waals surface area contributed by atoms with E-state index in [1.54, 1.807) is 20.8 Å². The number of aliphatic hydroxyl groups is 10. The van der Waals surface area contributed by atoms with Gasteiger partial charge in [0.1, 0.15) is 34.0 Å². The minimum Gasteiger partial charge on any atom is -0.428 e. The summed E-state index contributed by atoms with van der Waals surface area (Å²) in [5.74, 6) is 1.64. The van der Waals surface area contributed by atoms with E-state index >= 15 is 0 Å². The van der Waals surface area contributed by atoms with E-state index in [-0.39, 0.29) is 316 Å². The number of hydrogen-bond donors (Lipinski definition) is 10. The van der Waals surface area contributed by atoms with Crippen LogP contribution >= 0.6 is 0 Å². The van der Waals surface area contributed by atoms with Crippen molar-refractivity contribution in [2.75, 3.05) is 100 Å². The zero-order valence-electron chi connectivity index (χ0n) is 24.3. The molecule has 0 aliphatic carbocycles. The Bertz CT molecular complexity index is 410. The van der Waals surface area contributed by atoms with E-state index in [0.717, 1.165) is 5.92 Å². The molecule has 0 unspecified atom stereocenters. The van der Waals surface area contributed by atoms with Crippen LogP contribution in [0, 0.1) is 22.7 Å². The Balaban J connectivity index is -0.00000000867. The van der Waals surface area contributed by atoms with Crippen LogP contribution in [-0.2, 0) is 89.1 Å². The van der Waals surface area contributed by atoms with Crippen LogP contribution in [0.15, 0.2) is 0 Å². The molecule has 0 rings (SSSR count). The van der Waals surface area contributed by atoms with Crippen LogP contribution in [-0.4, -0.2) is 151 Å². The normalized spacial score (nSPS) is 6.97. The number of hydrogen-bond acceptors (Lipinski definition) is 15. The molecular weight excluding hydrogens is 958 g/mol. The van der Waals surface area contributed by atoms with Gasteiger partial charge in [-0.3, -0.25) is 11.8 Å². The van der Waals surface area contributed by atoms with E-state index < -0.39 is 10.8 Å². The first-order valence-corrected chi connectivity index (χ1v) is 11.6. The second kappa shape index (κ2) is 151. The van der Waals surface area contributed by atoms with Crippen molar-refractivity contribution in [2.24, 2.45) is 10.8 Å². The summed E-state index contributed by atoms with van der Waals surface area (Å²) in [4.78, 5) is 0. The summed E-state index contributed by atoms with van der Waals surface area (Å²) < 4.78 is 23.8. The Kier molecular flexibility index (Phi) is 480. The summed E-state index contributed by atoms with van der Waals surface area (Å²) in [5.41, 5.74) is -1.20. The van der Waals surface area contributed by atoms with Crippen LogP contribution in [0.25, 0.3) is 0 Å². The van der Waals surface area contributed by atoms with Crippen molar-refractivity contribution >= 4 is 0 Å². The van der Waals surface area contributed by atoms with Crippen LogP contribution in [0.1, 0.15) is 191 Å². The van der Waals surface area contributed by atoms with Crippen molar-refractivity contribution in [3.8, 4) is 0 Å². The molecule has 0 heterocycles. The Labute approximate surface area is 450 Å². The number of rotatable bonds is 20. The third-order valence-electron chi connectivity index (χ3n) is 4.19. The molecule has 0 atom stereocenters. The van der Waals surface area contributed by atoms with Crippen molar-refractivity contribution in [3.05, 3.63) is 11.8 Å². The van der Waals surface area contributed by atoms with Crippen molar-refractivity contribution in [1.29, 1.82) is 0 Å². The summed E-state index contributed by atoms with van der Waals surface area (Å²) in [6, 6.07) is 0. The fourth-order valence-electron chi connectivity index (χ4n) is 1.68. The Hall–Kier alpha value is 1.61. The van der Waals surface area contributed by atoms with Gasteiger partial charge in [-0.25, -0.2) is 0 Å². The standard InChI is InChI=1S/C8H18O6.C6H13O4.C5H12O3.C4H9O2.22CH4.2Y/c1-8(2-12-5-9,3-13-6-10)4-14-7-11;1-6(2-9-4-7)3-10-5-8;1-5(2-6,3-7)4-8;1-4(2-5)3-6;;;;;;;;;;;;;;;;;;;;;;;;/h9-11H,2-7H2,1H3;7-8H,2-5H2,1H3;6-8H,2-4H2,1H3;5-6H,2-3H2,1H3;22*1H4;;/q;-1;;-1;;;;;;;;;;;;;;;;;;;;;;;;. The summed E-state index contributed by atoms with van der Waals surface area (Å²) in [6.45, 7) is 6.09. The van der Waals surface area contributed by atoms with Crippen LogP contribution in [0.4, 0.5) is 0 Å². The third-order valence-corrected chi connectivity index (χ3v) is 4.19. The van der Waals surface area contributed by atoms with Gasteiger partial charge in [0.2, 0.25) is 0 Å². The smallest absolute Gasteiger partial charge is 0.143 e. The van der Waals surface area contributed by atoms with Crippen molar-refractivity contribution in [3.63, 3.8) is 0 Å². The first kappa shape index (κ1) is 197. The molecule has 0 saturated heterocycles. The van der Waals surface area contributed by atoms with E-state index in [0.29, 0.717) is 19.1 Å². The molecule has 10 N–H and O–H groups in total. The first-order chi connectivity index (χ1) is 18.0. The number of aliphatic hydroxyl groups excluding tert-OH is 10. The van der Waals surface area contributed by atoms with Gasteiger partial charge in [-0.05, 0) is 0 Å². The Morgan fingerprint density at radius 1 is 0.306 bits per heavy atom. The minimum atomic E-state index is -0.708. The molecule has 0 amide bonds. The van der Waals surface area contributed by atoms with Crippen molar-refractivity contribution in [2.45, 2.75) is 191 Å². The molecule has 62 heavy (non-hydrogen) atoms. The van der Waals surface area contributed by atoms with E-state index in [2.05, 4.69) is 9.47 Å². The molecule has 0 aromatic heterocycles. The molecule has 0 fully saturated rings. The van der Waals surface area contributed by atoms with Gasteiger partial charge >= 0.3 is 0 Å². The molecule has 0 bridgehead atoms. The quantitative estimate of drug-likeness (QED) is 0.0402. The largest absolute Gasteiger partial charge is 0.428 e. The second-order valence-electron chi connectivity index (χ2n) is 8.71. The van der Waals surface area contributed by atoms with E-state index in [9.17, 15) is 0 Å². The van der Waals surface area contributed by atoms with Gasteiger partial charge in [0, 0.05) is 76.2 Å². The monoisotopic (exact) mass is 1100 g/mol. The second-order valence-corrected chi connectivity index (χ2v) is 8.71. The predicted molar refractivity (Wildman–Crippen MR) is 283 cm³/mol. The molecule has 15 nitrogen and oxygen atoms in total. The Morgan fingerprint density at radius 2 is 0.484 bits per heavy atom. The zero-order valence-corrected chi connectivity index (χ0v) is 30.0. The zero-order chi connectivity index (χ0) is 30.3. The molecule has 0 aliphatic heterocycles. The van der Waals surface area contributed by atoms with Gasteiger partial charge in [0.15, 0.2) is 0 Å². The average Bonchev–Trinajstić information content (AvgIpc) is 2.95.